The van der Waals surface area contributed by atoms with Crippen LogP contribution in [0.3, 0.4) is 0 Å². The van der Waals surface area contributed by atoms with Gasteiger partial charge in [-0.25, -0.2) is 8.42 Å². The zero-order valence-corrected chi connectivity index (χ0v) is 11.5. The number of nitrogens with zero attached hydrogens (tertiary/aromatic N) is 1. The van der Waals surface area contributed by atoms with E-state index in [0.29, 0.717) is 25.9 Å². The average molecular weight is 279 g/mol. The fourth-order valence-electron chi connectivity index (χ4n) is 2.37. The first-order valence-electron chi connectivity index (χ1n) is 6.35. The summed E-state index contributed by atoms with van der Waals surface area (Å²) in [7, 11) is -3.02. The molecule has 1 fully saturated rings. The van der Waals surface area contributed by atoms with Crippen LogP contribution in [0.4, 0.5) is 0 Å². The molecule has 1 aliphatic rings. The first kappa shape index (κ1) is 13.9. The predicted molar refractivity (Wildman–Crippen MR) is 72.5 cm³/mol. The molecule has 102 valence electrons. The van der Waals surface area contributed by atoms with Gasteiger partial charge in [0.25, 0.3) is 0 Å². The van der Waals surface area contributed by atoms with Gasteiger partial charge < -0.3 is 4.74 Å². The molecule has 0 saturated carbocycles. The molecule has 1 aromatic rings. The second-order valence-corrected chi connectivity index (χ2v) is 7.18. The Labute approximate surface area is 113 Å². The molecule has 1 aliphatic heterocycles. The van der Waals surface area contributed by atoms with E-state index in [-0.39, 0.29) is 11.5 Å². The second-order valence-electron chi connectivity index (χ2n) is 5.00. The Morgan fingerprint density at radius 1 is 1.32 bits per heavy atom. The van der Waals surface area contributed by atoms with Crippen LogP contribution in [0.5, 0.6) is 5.75 Å². The quantitative estimate of drug-likeness (QED) is 0.775. The van der Waals surface area contributed by atoms with Crippen LogP contribution in [0, 0.1) is 16.7 Å². The largest absolute Gasteiger partial charge is 0.494 e. The van der Waals surface area contributed by atoms with Crippen molar-refractivity contribution in [3.8, 4) is 11.8 Å². The molecule has 0 aromatic heterocycles. The normalized spacial score (nSPS) is 24.8. The van der Waals surface area contributed by atoms with E-state index < -0.39 is 15.3 Å². The van der Waals surface area contributed by atoms with Crippen LogP contribution in [0.25, 0.3) is 0 Å². The number of hydrogen-bond donors (Lipinski definition) is 0. The number of sulfone groups is 1. The van der Waals surface area contributed by atoms with Crippen LogP contribution >= 0.6 is 0 Å². The highest BCUT2D eigenvalue weighted by Gasteiger charge is 2.42. The molecule has 0 aliphatic carbocycles. The van der Waals surface area contributed by atoms with Gasteiger partial charge in [0.2, 0.25) is 0 Å². The van der Waals surface area contributed by atoms with Gasteiger partial charge in [-0.2, -0.15) is 5.26 Å². The number of rotatable bonds is 5. The fraction of sp³-hybridized carbons (Fsp3) is 0.500. The van der Waals surface area contributed by atoms with Gasteiger partial charge in [-0.1, -0.05) is 18.2 Å². The van der Waals surface area contributed by atoms with Crippen LogP contribution in [0.1, 0.15) is 19.3 Å². The lowest BCUT2D eigenvalue weighted by atomic mass is 9.85. The Kier molecular flexibility index (Phi) is 4.11. The zero-order chi connectivity index (χ0) is 13.8. The van der Waals surface area contributed by atoms with E-state index in [9.17, 15) is 13.7 Å². The van der Waals surface area contributed by atoms with Gasteiger partial charge in [-0.3, -0.25) is 0 Å². The number of benzene rings is 1. The topological polar surface area (TPSA) is 67.2 Å². The predicted octanol–water partition coefficient (Wildman–Crippen LogP) is 2.17. The number of nitriles is 1. The van der Waals surface area contributed by atoms with Crippen LogP contribution in [-0.2, 0) is 9.84 Å². The minimum absolute atomic E-state index is 0.00182. The van der Waals surface area contributed by atoms with Crippen molar-refractivity contribution in [1.29, 1.82) is 5.26 Å². The molecule has 4 nitrogen and oxygen atoms in total. The summed E-state index contributed by atoms with van der Waals surface area (Å²) in [6, 6.07) is 11.7. The first-order valence-corrected chi connectivity index (χ1v) is 8.17. The molecular formula is C14H17NO3S. The fourth-order valence-corrected chi connectivity index (χ4v) is 4.42. The first-order chi connectivity index (χ1) is 9.05. The minimum atomic E-state index is -3.02. The van der Waals surface area contributed by atoms with Crippen molar-refractivity contribution >= 4 is 9.84 Å². The maximum absolute atomic E-state index is 11.5. The SMILES string of the molecule is N#CC1(CCCOc2ccccc2)CCS(=O)(=O)C1. The van der Waals surface area contributed by atoms with Crippen molar-refractivity contribution in [1.82, 2.24) is 0 Å². The van der Waals surface area contributed by atoms with E-state index in [2.05, 4.69) is 6.07 Å². The van der Waals surface area contributed by atoms with Crippen molar-refractivity contribution in [2.45, 2.75) is 19.3 Å². The van der Waals surface area contributed by atoms with E-state index >= 15 is 0 Å². The van der Waals surface area contributed by atoms with Gasteiger partial charge in [-0.05, 0) is 31.4 Å². The Morgan fingerprint density at radius 2 is 2.05 bits per heavy atom. The third kappa shape index (κ3) is 3.71. The number of para-hydroxylation sites is 1. The highest BCUT2D eigenvalue weighted by atomic mass is 32.2. The molecule has 1 saturated heterocycles. The molecule has 0 bridgehead atoms. The van der Waals surface area contributed by atoms with E-state index in [4.69, 9.17) is 4.74 Å². The summed E-state index contributed by atoms with van der Waals surface area (Å²) in [5, 5.41) is 9.21. The van der Waals surface area contributed by atoms with Crippen LogP contribution in [0.15, 0.2) is 30.3 Å². The summed E-state index contributed by atoms with van der Waals surface area (Å²) in [5.74, 6) is 0.939. The lowest BCUT2D eigenvalue weighted by Crippen LogP contribution is -2.21. The van der Waals surface area contributed by atoms with Gasteiger partial charge in [-0.15, -0.1) is 0 Å². The Balaban J connectivity index is 1.81. The highest BCUT2D eigenvalue weighted by Crippen LogP contribution is 2.36. The summed E-state index contributed by atoms with van der Waals surface area (Å²) >= 11 is 0. The van der Waals surface area contributed by atoms with Crippen LogP contribution in [-0.4, -0.2) is 26.5 Å². The van der Waals surface area contributed by atoms with Crippen molar-refractivity contribution in [3.05, 3.63) is 30.3 Å². The Hall–Kier alpha value is -1.54. The Morgan fingerprint density at radius 3 is 2.63 bits per heavy atom. The highest BCUT2D eigenvalue weighted by molar-refractivity contribution is 7.91. The molecule has 1 unspecified atom stereocenters. The summed E-state index contributed by atoms with van der Waals surface area (Å²) in [6.45, 7) is 0.507. The van der Waals surface area contributed by atoms with Crippen molar-refractivity contribution in [2.75, 3.05) is 18.1 Å². The number of hydrogen-bond acceptors (Lipinski definition) is 4. The molecule has 2 rings (SSSR count). The average Bonchev–Trinajstić information content (AvgIpc) is 2.73. The second kappa shape index (κ2) is 5.62. The molecule has 0 spiro atoms. The molecular weight excluding hydrogens is 262 g/mol. The van der Waals surface area contributed by atoms with Gasteiger partial charge in [0, 0.05) is 0 Å². The summed E-state index contributed by atoms with van der Waals surface area (Å²) in [5.41, 5.74) is -0.696. The third-order valence-electron chi connectivity index (χ3n) is 3.44. The summed E-state index contributed by atoms with van der Waals surface area (Å²) < 4.78 is 28.5. The molecule has 0 amide bonds. The third-order valence-corrected chi connectivity index (χ3v) is 5.26. The van der Waals surface area contributed by atoms with Crippen molar-refractivity contribution in [2.24, 2.45) is 5.41 Å². The van der Waals surface area contributed by atoms with E-state index in [1.54, 1.807) is 0 Å². The molecule has 19 heavy (non-hydrogen) atoms. The van der Waals surface area contributed by atoms with Crippen LogP contribution in [0.2, 0.25) is 0 Å². The zero-order valence-electron chi connectivity index (χ0n) is 10.7. The molecule has 1 aromatic carbocycles. The summed E-state index contributed by atoms with van der Waals surface area (Å²) in [6.07, 6.45) is 1.73. The minimum Gasteiger partial charge on any atom is -0.494 e. The van der Waals surface area contributed by atoms with Crippen molar-refractivity contribution in [3.63, 3.8) is 0 Å². The smallest absolute Gasteiger partial charge is 0.151 e. The lowest BCUT2D eigenvalue weighted by Gasteiger charge is -2.18. The lowest BCUT2D eigenvalue weighted by molar-refractivity contribution is 0.279. The van der Waals surface area contributed by atoms with E-state index in [1.807, 2.05) is 30.3 Å². The van der Waals surface area contributed by atoms with Crippen LogP contribution < -0.4 is 4.74 Å². The molecule has 1 heterocycles. The van der Waals surface area contributed by atoms with E-state index in [0.717, 1.165) is 5.75 Å². The molecule has 0 radical (unpaired) electrons. The van der Waals surface area contributed by atoms with Gasteiger partial charge >= 0.3 is 0 Å². The Bertz CT molecular complexity index is 562. The number of ether oxygens (including phenoxy) is 1. The monoisotopic (exact) mass is 279 g/mol. The molecule has 0 N–H and O–H groups in total. The maximum atomic E-state index is 11.5. The van der Waals surface area contributed by atoms with Gasteiger partial charge in [0.05, 0.1) is 29.6 Å². The van der Waals surface area contributed by atoms with E-state index in [1.165, 1.54) is 0 Å². The van der Waals surface area contributed by atoms with Gasteiger partial charge in [0.1, 0.15) is 5.75 Å². The maximum Gasteiger partial charge on any atom is 0.151 e. The van der Waals surface area contributed by atoms with Gasteiger partial charge in [0.15, 0.2) is 9.84 Å². The molecule has 1 atom stereocenters. The standard InChI is InChI=1S/C14H17NO3S/c15-11-14(8-10-19(16,17)12-14)7-4-9-18-13-5-2-1-3-6-13/h1-3,5-6H,4,7-10,12H2. The molecule has 5 heteroatoms. The summed E-state index contributed by atoms with van der Waals surface area (Å²) in [4.78, 5) is 0. The van der Waals surface area contributed by atoms with Crippen molar-refractivity contribution < 1.29 is 13.2 Å².